The normalized spacial score (nSPS) is 9.91. The molecule has 0 fully saturated rings. The number of thioether (sulfide) groups is 1. The van der Waals surface area contributed by atoms with Gasteiger partial charge in [-0.1, -0.05) is 0 Å². The van der Waals surface area contributed by atoms with E-state index in [-0.39, 0.29) is 11.7 Å². The molecule has 0 saturated carbocycles. The third-order valence-electron chi connectivity index (χ3n) is 0.658. The van der Waals surface area contributed by atoms with Crippen LogP contribution in [0.3, 0.4) is 0 Å². The number of rotatable bonds is 4. The standard InChI is InChI=1S/C6H9NO3S/c1-5(8)7-2-3-11-4-6(9)10/h2-3H,4H2,1H3,(H,7,8)(H,9,10). The van der Waals surface area contributed by atoms with Crippen LogP contribution in [0, 0.1) is 0 Å². The summed E-state index contributed by atoms with van der Waals surface area (Å²) in [6.07, 6.45) is 1.41. The van der Waals surface area contributed by atoms with Crippen LogP contribution in [0.2, 0.25) is 0 Å². The minimum atomic E-state index is -0.873. The lowest BCUT2D eigenvalue weighted by Gasteiger charge is -1.90. The molecule has 0 aromatic carbocycles. The second-order valence-corrected chi connectivity index (χ2v) is 2.60. The van der Waals surface area contributed by atoms with Crippen molar-refractivity contribution in [3.63, 3.8) is 0 Å². The third-order valence-corrected chi connectivity index (χ3v) is 1.40. The van der Waals surface area contributed by atoms with E-state index >= 15 is 0 Å². The maximum Gasteiger partial charge on any atom is 0.313 e. The van der Waals surface area contributed by atoms with Gasteiger partial charge in [-0.3, -0.25) is 9.59 Å². The van der Waals surface area contributed by atoms with Gasteiger partial charge in [-0.15, -0.1) is 11.8 Å². The summed E-state index contributed by atoms with van der Waals surface area (Å²) in [5.41, 5.74) is 0. The van der Waals surface area contributed by atoms with E-state index in [2.05, 4.69) is 5.32 Å². The van der Waals surface area contributed by atoms with Gasteiger partial charge in [-0.05, 0) is 5.41 Å². The molecule has 0 spiro atoms. The molecular weight excluding hydrogens is 166 g/mol. The van der Waals surface area contributed by atoms with Crippen LogP contribution in [0.5, 0.6) is 0 Å². The van der Waals surface area contributed by atoms with E-state index in [1.165, 1.54) is 18.5 Å². The van der Waals surface area contributed by atoms with E-state index in [4.69, 9.17) is 5.11 Å². The van der Waals surface area contributed by atoms with E-state index in [1.54, 1.807) is 0 Å². The molecule has 1 amide bonds. The van der Waals surface area contributed by atoms with Crippen molar-refractivity contribution in [1.29, 1.82) is 0 Å². The van der Waals surface area contributed by atoms with Gasteiger partial charge in [0.15, 0.2) is 0 Å². The molecular formula is C6H9NO3S. The van der Waals surface area contributed by atoms with E-state index < -0.39 is 5.97 Å². The molecule has 0 aromatic rings. The molecule has 0 heterocycles. The van der Waals surface area contributed by atoms with Crippen LogP contribution in [0.1, 0.15) is 6.92 Å². The molecule has 0 atom stereocenters. The molecule has 2 N–H and O–H groups in total. The topological polar surface area (TPSA) is 66.4 Å². The fraction of sp³-hybridized carbons (Fsp3) is 0.333. The number of nitrogens with one attached hydrogen (secondary N) is 1. The zero-order chi connectivity index (χ0) is 8.69. The number of carboxylic acids is 1. The highest BCUT2D eigenvalue weighted by Gasteiger charge is 1.91. The first kappa shape index (κ1) is 10.0. The second kappa shape index (κ2) is 5.79. The number of amides is 1. The number of carbonyl (C=O) groups excluding carboxylic acids is 1. The van der Waals surface area contributed by atoms with Gasteiger partial charge < -0.3 is 10.4 Å². The third kappa shape index (κ3) is 9.03. The highest BCUT2D eigenvalue weighted by Crippen LogP contribution is 1.98. The Hall–Kier alpha value is -0.970. The zero-order valence-corrected chi connectivity index (χ0v) is 6.85. The number of hydrogen-bond donors (Lipinski definition) is 2. The highest BCUT2D eigenvalue weighted by atomic mass is 32.2. The van der Waals surface area contributed by atoms with Crippen LogP contribution in [0.25, 0.3) is 0 Å². The smallest absolute Gasteiger partial charge is 0.313 e. The van der Waals surface area contributed by atoms with Gasteiger partial charge in [-0.2, -0.15) is 0 Å². The molecule has 0 aliphatic heterocycles. The number of carboxylic acid groups (broad SMARTS) is 1. The first-order valence-electron chi connectivity index (χ1n) is 2.88. The fourth-order valence-electron chi connectivity index (χ4n) is 0.319. The average Bonchev–Trinajstić information content (AvgIpc) is 1.85. The Balaban J connectivity index is 3.30. The zero-order valence-electron chi connectivity index (χ0n) is 6.03. The summed E-state index contributed by atoms with van der Waals surface area (Å²) in [5.74, 6) is -1.03. The SMILES string of the molecule is CC(=O)NC=CSCC(=O)O. The van der Waals surface area contributed by atoms with Crippen LogP contribution in [-0.4, -0.2) is 22.7 Å². The molecule has 11 heavy (non-hydrogen) atoms. The fourth-order valence-corrected chi connectivity index (χ4v) is 0.722. The number of aliphatic carboxylic acids is 1. The van der Waals surface area contributed by atoms with Gasteiger partial charge in [-0.25, -0.2) is 0 Å². The Morgan fingerprint density at radius 3 is 2.73 bits per heavy atom. The first-order valence-corrected chi connectivity index (χ1v) is 3.93. The molecule has 0 unspecified atom stereocenters. The Morgan fingerprint density at radius 1 is 1.64 bits per heavy atom. The van der Waals surface area contributed by atoms with Gasteiger partial charge in [0.05, 0.1) is 5.75 Å². The van der Waals surface area contributed by atoms with E-state index in [0.29, 0.717) is 0 Å². The van der Waals surface area contributed by atoms with Gasteiger partial charge in [0, 0.05) is 13.1 Å². The van der Waals surface area contributed by atoms with E-state index in [9.17, 15) is 9.59 Å². The predicted molar refractivity (Wildman–Crippen MR) is 43.1 cm³/mol. The van der Waals surface area contributed by atoms with Crippen molar-refractivity contribution in [3.8, 4) is 0 Å². The maximum absolute atomic E-state index is 10.3. The van der Waals surface area contributed by atoms with Gasteiger partial charge in [0.25, 0.3) is 0 Å². The monoisotopic (exact) mass is 175 g/mol. The molecule has 0 saturated heterocycles. The van der Waals surface area contributed by atoms with E-state index in [0.717, 1.165) is 11.8 Å². The molecule has 0 rings (SSSR count). The molecule has 0 aromatic heterocycles. The summed E-state index contributed by atoms with van der Waals surface area (Å²) in [4.78, 5) is 20.2. The molecule has 0 radical (unpaired) electrons. The minimum Gasteiger partial charge on any atom is -0.481 e. The molecule has 62 valence electrons. The Bertz CT molecular complexity index is 179. The Kier molecular flexibility index (Phi) is 5.28. The van der Waals surface area contributed by atoms with Gasteiger partial charge >= 0.3 is 5.97 Å². The summed E-state index contributed by atoms with van der Waals surface area (Å²) in [6.45, 7) is 1.38. The highest BCUT2D eigenvalue weighted by molar-refractivity contribution is 8.02. The summed E-state index contributed by atoms with van der Waals surface area (Å²) in [5, 5.41) is 12.1. The van der Waals surface area contributed by atoms with Crippen molar-refractivity contribution >= 4 is 23.6 Å². The molecule has 0 aliphatic rings. The predicted octanol–water partition coefficient (Wildman–Crippen LogP) is 0.412. The Labute approximate surface area is 68.7 Å². The quantitative estimate of drug-likeness (QED) is 0.649. The van der Waals surface area contributed by atoms with Crippen molar-refractivity contribution < 1.29 is 14.7 Å². The Morgan fingerprint density at radius 2 is 2.27 bits per heavy atom. The van der Waals surface area contributed by atoms with Gasteiger partial charge in [0.1, 0.15) is 0 Å². The lowest BCUT2D eigenvalue weighted by atomic mass is 10.7. The van der Waals surface area contributed by atoms with Gasteiger partial charge in [0.2, 0.25) is 5.91 Å². The first-order chi connectivity index (χ1) is 5.13. The molecule has 0 aliphatic carbocycles. The maximum atomic E-state index is 10.3. The van der Waals surface area contributed by atoms with Crippen LogP contribution in [0.15, 0.2) is 11.6 Å². The average molecular weight is 175 g/mol. The molecule has 4 nitrogen and oxygen atoms in total. The molecule has 0 bridgehead atoms. The number of carbonyl (C=O) groups is 2. The second-order valence-electron chi connectivity index (χ2n) is 1.71. The van der Waals surface area contributed by atoms with Crippen molar-refractivity contribution in [3.05, 3.63) is 11.6 Å². The molecule has 5 heteroatoms. The largest absolute Gasteiger partial charge is 0.481 e. The van der Waals surface area contributed by atoms with Crippen molar-refractivity contribution in [2.24, 2.45) is 0 Å². The summed E-state index contributed by atoms with van der Waals surface area (Å²) in [7, 11) is 0. The minimum absolute atomic E-state index is 0.0100. The van der Waals surface area contributed by atoms with Crippen LogP contribution < -0.4 is 5.32 Å². The van der Waals surface area contributed by atoms with Crippen molar-refractivity contribution in [2.45, 2.75) is 6.92 Å². The van der Waals surface area contributed by atoms with Crippen molar-refractivity contribution in [1.82, 2.24) is 5.32 Å². The van der Waals surface area contributed by atoms with Crippen LogP contribution in [0.4, 0.5) is 0 Å². The summed E-state index contributed by atoms with van der Waals surface area (Å²) >= 11 is 1.11. The van der Waals surface area contributed by atoms with Crippen LogP contribution in [-0.2, 0) is 9.59 Å². The van der Waals surface area contributed by atoms with Crippen LogP contribution >= 0.6 is 11.8 Å². The lowest BCUT2D eigenvalue weighted by Crippen LogP contribution is -2.11. The number of hydrogen-bond acceptors (Lipinski definition) is 3. The van der Waals surface area contributed by atoms with Crippen molar-refractivity contribution in [2.75, 3.05) is 5.75 Å². The van der Waals surface area contributed by atoms with E-state index in [1.807, 2.05) is 0 Å². The lowest BCUT2D eigenvalue weighted by molar-refractivity contribution is -0.133. The summed E-state index contributed by atoms with van der Waals surface area (Å²) < 4.78 is 0. The summed E-state index contributed by atoms with van der Waals surface area (Å²) in [6, 6.07) is 0.